The van der Waals surface area contributed by atoms with E-state index < -0.39 is 0 Å². The highest BCUT2D eigenvalue weighted by Gasteiger charge is 2.20. The number of anilines is 1. The molecule has 1 N–H and O–H groups in total. The summed E-state index contributed by atoms with van der Waals surface area (Å²) >= 11 is 0. The number of nitriles is 1. The van der Waals surface area contributed by atoms with Crippen LogP contribution in [0.2, 0.25) is 0 Å². The molecule has 0 spiro atoms. The fourth-order valence-electron chi connectivity index (χ4n) is 3.55. The molecule has 3 aromatic rings. The number of rotatable bonds is 3. The van der Waals surface area contributed by atoms with Gasteiger partial charge in [0, 0.05) is 44.5 Å². The van der Waals surface area contributed by atoms with E-state index in [1.54, 1.807) is 25.1 Å². The third kappa shape index (κ3) is 3.59. The zero-order valence-corrected chi connectivity index (χ0v) is 15.6. The molecule has 1 aliphatic heterocycles. The number of fused-ring (bicyclic) bond motifs is 1. The minimum Gasteiger partial charge on any atom is -0.367 e. The lowest BCUT2D eigenvalue weighted by atomic mass is 10.1. The Hall–Kier alpha value is -3.24. The van der Waals surface area contributed by atoms with Crippen LogP contribution in [0.1, 0.15) is 16.7 Å². The summed E-state index contributed by atoms with van der Waals surface area (Å²) in [6.45, 7) is 5.50. The number of nitrogens with one attached hydrogen (secondary N) is 1. The average molecular weight is 377 g/mol. The van der Waals surface area contributed by atoms with Crippen molar-refractivity contribution in [3.8, 4) is 6.07 Å². The Morgan fingerprint density at radius 3 is 2.71 bits per heavy atom. The Kier molecular flexibility index (Phi) is 4.80. The number of hydrogen-bond donors (Lipinski definition) is 1. The quantitative estimate of drug-likeness (QED) is 0.759. The zero-order valence-electron chi connectivity index (χ0n) is 15.6. The smallest absolute Gasteiger partial charge is 0.251 e. The van der Waals surface area contributed by atoms with Crippen molar-refractivity contribution in [2.75, 3.05) is 31.1 Å². The summed E-state index contributed by atoms with van der Waals surface area (Å²) in [6, 6.07) is 10.3. The molecule has 0 aliphatic carbocycles. The predicted octanol–water partition coefficient (Wildman–Crippen LogP) is 2.56. The Bertz CT molecular complexity index is 1130. The van der Waals surface area contributed by atoms with E-state index in [4.69, 9.17) is 5.26 Å². The monoisotopic (exact) mass is 377 g/mol. The number of piperazine rings is 1. The van der Waals surface area contributed by atoms with Gasteiger partial charge in [-0.1, -0.05) is 0 Å². The lowest BCUT2D eigenvalue weighted by Crippen LogP contribution is -2.46. The molecule has 2 aromatic heterocycles. The fraction of sp³-hybridized carbons (Fsp3) is 0.286. The van der Waals surface area contributed by atoms with Crippen molar-refractivity contribution >= 4 is 16.7 Å². The molecule has 28 heavy (non-hydrogen) atoms. The maximum absolute atomic E-state index is 14.2. The number of aromatic amines is 1. The predicted molar refractivity (Wildman–Crippen MR) is 106 cm³/mol. The standard InChI is InChI=1S/C21H20FN5O/c1-14-8-18-19(25-21(14)28)10-16(12-24-18)13-26-4-6-27(7-5-26)20-3-2-15(11-23)9-17(20)22/h2-3,8-10,12H,4-7,13H2,1H3,(H,25,28). The third-order valence-electron chi connectivity index (χ3n) is 5.13. The van der Waals surface area contributed by atoms with Gasteiger partial charge in [0.15, 0.2) is 0 Å². The number of aromatic nitrogens is 2. The molecule has 1 fully saturated rings. The van der Waals surface area contributed by atoms with Crippen LogP contribution in [0.5, 0.6) is 0 Å². The number of nitrogens with zero attached hydrogens (tertiary/aromatic N) is 4. The van der Waals surface area contributed by atoms with Crippen molar-refractivity contribution in [3.05, 3.63) is 69.4 Å². The van der Waals surface area contributed by atoms with Crippen LogP contribution >= 0.6 is 0 Å². The summed E-state index contributed by atoms with van der Waals surface area (Å²) in [6.07, 6.45) is 1.84. The van der Waals surface area contributed by atoms with Crippen LogP contribution < -0.4 is 10.5 Å². The van der Waals surface area contributed by atoms with Crippen molar-refractivity contribution < 1.29 is 4.39 Å². The molecule has 1 aromatic carbocycles. The molecule has 3 heterocycles. The van der Waals surface area contributed by atoms with Gasteiger partial charge in [0.05, 0.1) is 28.4 Å². The molecule has 0 unspecified atom stereocenters. The Morgan fingerprint density at radius 1 is 1.21 bits per heavy atom. The van der Waals surface area contributed by atoms with E-state index in [0.717, 1.165) is 36.2 Å². The number of halogens is 1. The molecule has 0 radical (unpaired) electrons. The van der Waals surface area contributed by atoms with E-state index >= 15 is 0 Å². The molecule has 142 valence electrons. The molecular formula is C21H20FN5O. The van der Waals surface area contributed by atoms with Crippen molar-refractivity contribution in [3.63, 3.8) is 0 Å². The van der Waals surface area contributed by atoms with Crippen LogP contribution in [0.4, 0.5) is 10.1 Å². The van der Waals surface area contributed by atoms with Crippen LogP contribution in [-0.2, 0) is 6.54 Å². The van der Waals surface area contributed by atoms with Crippen molar-refractivity contribution in [1.29, 1.82) is 5.26 Å². The zero-order chi connectivity index (χ0) is 19.7. The van der Waals surface area contributed by atoms with Gasteiger partial charge in [0.25, 0.3) is 5.56 Å². The highest BCUT2D eigenvalue weighted by atomic mass is 19.1. The number of benzene rings is 1. The first-order valence-corrected chi connectivity index (χ1v) is 9.19. The first-order chi connectivity index (χ1) is 13.5. The van der Waals surface area contributed by atoms with Gasteiger partial charge >= 0.3 is 0 Å². The minimum absolute atomic E-state index is 0.0930. The second kappa shape index (κ2) is 7.41. The van der Waals surface area contributed by atoms with Crippen LogP contribution in [0.3, 0.4) is 0 Å². The molecule has 0 atom stereocenters. The van der Waals surface area contributed by atoms with Gasteiger partial charge in [-0.25, -0.2) is 4.39 Å². The van der Waals surface area contributed by atoms with Gasteiger partial charge in [-0.2, -0.15) is 5.26 Å². The van der Waals surface area contributed by atoms with E-state index in [9.17, 15) is 9.18 Å². The Morgan fingerprint density at radius 2 is 2.00 bits per heavy atom. The number of H-pyrrole nitrogens is 1. The molecule has 1 aliphatic rings. The van der Waals surface area contributed by atoms with E-state index in [0.29, 0.717) is 29.9 Å². The molecule has 0 amide bonds. The van der Waals surface area contributed by atoms with Crippen LogP contribution in [-0.4, -0.2) is 41.0 Å². The van der Waals surface area contributed by atoms with E-state index in [-0.39, 0.29) is 11.4 Å². The Labute approximate surface area is 161 Å². The largest absolute Gasteiger partial charge is 0.367 e. The maximum Gasteiger partial charge on any atom is 0.251 e. The SMILES string of the molecule is Cc1cc2ncc(CN3CCN(c4ccc(C#N)cc4F)CC3)cc2[nH]c1=O. The summed E-state index contributed by atoms with van der Waals surface area (Å²) < 4.78 is 14.2. The van der Waals surface area contributed by atoms with Gasteiger partial charge < -0.3 is 9.88 Å². The summed E-state index contributed by atoms with van der Waals surface area (Å²) in [4.78, 5) is 23.4. The first kappa shape index (κ1) is 18.1. The van der Waals surface area contributed by atoms with Crippen molar-refractivity contribution in [2.45, 2.75) is 13.5 Å². The van der Waals surface area contributed by atoms with Gasteiger partial charge in [-0.15, -0.1) is 0 Å². The van der Waals surface area contributed by atoms with E-state index in [1.165, 1.54) is 6.07 Å². The number of aryl methyl sites for hydroxylation is 1. The Balaban J connectivity index is 1.43. The van der Waals surface area contributed by atoms with Gasteiger partial charge in [0.2, 0.25) is 0 Å². The number of pyridine rings is 2. The third-order valence-corrected chi connectivity index (χ3v) is 5.13. The molecule has 0 saturated carbocycles. The van der Waals surface area contributed by atoms with Gasteiger partial charge in [-0.3, -0.25) is 14.7 Å². The summed E-state index contributed by atoms with van der Waals surface area (Å²) in [5, 5.41) is 8.87. The molecule has 6 nitrogen and oxygen atoms in total. The highest BCUT2D eigenvalue weighted by Crippen LogP contribution is 2.22. The average Bonchev–Trinajstić information content (AvgIpc) is 2.70. The molecular weight excluding hydrogens is 357 g/mol. The molecule has 1 saturated heterocycles. The lowest BCUT2D eigenvalue weighted by Gasteiger charge is -2.36. The second-order valence-corrected chi connectivity index (χ2v) is 7.10. The lowest BCUT2D eigenvalue weighted by molar-refractivity contribution is 0.249. The first-order valence-electron chi connectivity index (χ1n) is 9.19. The van der Waals surface area contributed by atoms with Crippen molar-refractivity contribution in [1.82, 2.24) is 14.9 Å². The van der Waals surface area contributed by atoms with Crippen molar-refractivity contribution in [2.24, 2.45) is 0 Å². The van der Waals surface area contributed by atoms with E-state index in [1.807, 2.05) is 23.2 Å². The number of hydrogen-bond acceptors (Lipinski definition) is 5. The van der Waals surface area contributed by atoms with Crippen LogP contribution in [0.25, 0.3) is 11.0 Å². The fourth-order valence-corrected chi connectivity index (χ4v) is 3.55. The summed E-state index contributed by atoms with van der Waals surface area (Å²) in [5.74, 6) is -0.356. The minimum atomic E-state index is -0.356. The van der Waals surface area contributed by atoms with Crippen LogP contribution in [0.15, 0.2) is 41.3 Å². The van der Waals surface area contributed by atoms with Crippen LogP contribution in [0, 0.1) is 24.1 Å². The highest BCUT2D eigenvalue weighted by molar-refractivity contribution is 5.74. The summed E-state index contributed by atoms with van der Waals surface area (Å²) in [7, 11) is 0. The van der Waals surface area contributed by atoms with Gasteiger partial charge in [-0.05, 0) is 42.8 Å². The normalized spacial score (nSPS) is 15.0. The van der Waals surface area contributed by atoms with Gasteiger partial charge in [0.1, 0.15) is 5.82 Å². The second-order valence-electron chi connectivity index (χ2n) is 7.10. The maximum atomic E-state index is 14.2. The molecule has 4 rings (SSSR count). The summed E-state index contributed by atoms with van der Waals surface area (Å²) in [5.41, 5.74) is 3.98. The molecule has 0 bridgehead atoms. The topological polar surface area (TPSA) is 76.0 Å². The molecule has 7 heteroatoms. The van der Waals surface area contributed by atoms with E-state index in [2.05, 4.69) is 14.9 Å².